The van der Waals surface area contributed by atoms with E-state index in [1.165, 1.54) is 0 Å². The maximum Gasteiger partial charge on any atom is 0.255 e. The number of carbonyl (C=O) groups is 1. The summed E-state index contributed by atoms with van der Waals surface area (Å²) in [5, 5.41) is 6.05. The Kier molecular flexibility index (Phi) is 3.33. The molecule has 0 radical (unpaired) electrons. The Hall–Kier alpha value is -2.43. The van der Waals surface area contributed by atoms with Gasteiger partial charge in [-0.05, 0) is 31.2 Å². The highest BCUT2D eigenvalue weighted by atomic mass is 16.5. The predicted octanol–water partition coefficient (Wildman–Crippen LogP) is 2.32. The lowest BCUT2D eigenvalue weighted by Gasteiger charge is -2.21. The van der Waals surface area contributed by atoms with E-state index in [1.54, 1.807) is 6.07 Å². The van der Waals surface area contributed by atoms with Gasteiger partial charge < -0.3 is 19.8 Å². The summed E-state index contributed by atoms with van der Waals surface area (Å²) in [7, 11) is 0. The first-order valence-corrected chi connectivity index (χ1v) is 6.57. The van der Waals surface area contributed by atoms with E-state index in [2.05, 4.69) is 10.6 Å². The number of nitrogens with one attached hydrogen (secondary N) is 2. The van der Waals surface area contributed by atoms with Crippen molar-refractivity contribution in [3.63, 3.8) is 0 Å². The van der Waals surface area contributed by atoms with Crippen LogP contribution < -0.4 is 15.4 Å². The van der Waals surface area contributed by atoms with Crippen LogP contribution in [0.3, 0.4) is 0 Å². The fourth-order valence-corrected chi connectivity index (χ4v) is 2.19. The number of aryl methyl sites for hydroxylation is 1. The molecule has 0 saturated heterocycles. The maximum atomic E-state index is 12.2. The molecule has 2 N–H and O–H groups in total. The molecular weight excluding hydrogens is 256 g/mol. The number of anilines is 1. The lowest BCUT2D eigenvalue weighted by Crippen LogP contribution is -2.26. The molecule has 0 aliphatic carbocycles. The number of carbonyl (C=O) groups excluding carboxylic acids is 1. The Morgan fingerprint density at radius 1 is 1.35 bits per heavy atom. The van der Waals surface area contributed by atoms with Crippen molar-refractivity contribution < 1.29 is 13.9 Å². The average molecular weight is 272 g/mol. The zero-order valence-corrected chi connectivity index (χ0v) is 11.2. The number of rotatable bonds is 3. The van der Waals surface area contributed by atoms with Crippen molar-refractivity contribution in [2.75, 3.05) is 18.5 Å². The lowest BCUT2D eigenvalue weighted by molar-refractivity contribution is 0.0943. The van der Waals surface area contributed by atoms with Crippen LogP contribution in [0.2, 0.25) is 0 Å². The number of hydrogen-bond donors (Lipinski definition) is 2. The van der Waals surface area contributed by atoms with E-state index < -0.39 is 0 Å². The molecule has 0 bridgehead atoms. The molecule has 1 aromatic heterocycles. The molecule has 0 fully saturated rings. The van der Waals surface area contributed by atoms with Gasteiger partial charge in [0.2, 0.25) is 0 Å². The SMILES string of the molecule is Cc1ccc(CNC(=O)c2cccc3c2OCCN3)o1. The number of amides is 1. The fraction of sp³-hybridized carbons (Fsp3) is 0.267. The standard InChI is InChI=1S/C15H16N2O3/c1-10-5-6-11(20-10)9-17-15(18)12-3-2-4-13-14(12)19-8-7-16-13/h2-6,16H,7-9H2,1H3,(H,17,18). The number of furan rings is 1. The molecule has 2 heterocycles. The van der Waals surface area contributed by atoms with Crippen LogP contribution in [0.4, 0.5) is 5.69 Å². The average Bonchev–Trinajstić information content (AvgIpc) is 2.90. The van der Waals surface area contributed by atoms with Crippen LogP contribution in [0.5, 0.6) is 5.75 Å². The summed E-state index contributed by atoms with van der Waals surface area (Å²) < 4.78 is 11.0. The van der Waals surface area contributed by atoms with Crippen molar-refractivity contribution in [1.29, 1.82) is 0 Å². The van der Waals surface area contributed by atoms with E-state index in [9.17, 15) is 4.79 Å². The minimum absolute atomic E-state index is 0.167. The van der Waals surface area contributed by atoms with Crippen LogP contribution in [0.25, 0.3) is 0 Å². The molecule has 5 nitrogen and oxygen atoms in total. The molecule has 1 aliphatic heterocycles. The first-order valence-electron chi connectivity index (χ1n) is 6.57. The van der Waals surface area contributed by atoms with Gasteiger partial charge in [-0.2, -0.15) is 0 Å². The molecule has 104 valence electrons. The van der Waals surface area contributed by atoms with E-state index in [-0.39, 0.29) is 5.91 Å². The first-order chi connectivity index (χ1) is 9.74. The summed E-state index contributed by atoms with van der Waals surface area (Å²) in [5.41, 5.74) is 1.40. The van der Waals surface area contributed by atoms with Crippen molar-refractivity contribution in [3.05, 3.63) is 47.4 Å². The number of para-hydroxylation sites is 1. The third-order valence-corrected chi connectivity index (χ3v) is 3.14. The molecular formula is C15H16N2O3. The largest absolute Gasteiger partial charge is 0.489 e. The quantitative estimate of drug-likeness (QED) is 0.900. The molecule has 0 atom stereocenters. The summed E-state index contributed by atoms with van der Waals surface area (Å²) in [6, 6.07) is 9.23. The summed E-state index contributed by atoms with van der Waals surface area (Å²) in [6.07, 6.45) is 0. The molecule has 1 amide bonds. The van der Waals surface area contributed by atoms with Gasteiger partial charge in [0.15, 0.2) is 5.75 Å². The van der Waals surface area contributed by atoms with Gasteiger partial charge in [0.05, 0.1) is 17.8 Å². The molecule has 5 heteroatoms. The molecule has 2 aromatic rings. The van der Waals surface area contributed by atoms with Crippen LogP contribution in [0, 0.1) is 6.92 Å². The second kappa shape index (κ2) is 5.28. The topological polar surface area (TPSA) is 63.5 Å². The summed E-state index contributed by atoms with van der Waals surface area (Å²) in [6.45, 7) is 3.56. The highest BCUT2D eigenvalue weighted by molar-refractivity contribution is 5.98. The van der Waals surface area contributed by atoms with Crippen LogP contribution in [0.15, 0.2) is 34.7 Å². The molecule has 1 aromatic carbocycles. The van der Waals surface area contributed by atoms with Gasteiger partial charge in [0, 0.05) is 6.54 Å². The third-order valence-electron chi connectivity index (χ3n) is 3.14. The number of hydrogen-bond acceptors (Lipinski definition) is 4. The Morgan fingerprint density at radius 2 is 2.25 bits per heavy atom. The summed E-state index contributed by atoms with van der Waals surface area (Å²) in [5.74, 6) is 2.02. The first kappa shape index (κ1) is 12.6. The second-order valence-corrected chi connectivity index (χ2v) is 4.65. The van der Waals surface area contributed by atoms with Crippen LogP contribution in [-0.2, 0) is 6.54 Å². The minimum atomic E-state index is -0.167. The molecule has 20 heavy (non-hydrogen) atoms. The monoisotopic (exact) mass is 272 g/mol. The Bertz CT molecular complexity index is 634. The summed E-state index contributed by atoms with van der Waals surface area (Å²) in [4.78, 5) is 12.2. The molecule has 1 aliphatic rings. The normalized spacial score (nSPS) is 13.1. The van der Waals surface area contributed by atoms with Crippen LogP contribution in [-0.4, -0.2) is 19.1 Å². The molecule has 0 spiro atoms. The van der Waals surface area contributed by atoms with Crippen molar-refractivity contribution in [3.8, 4) is 5.75 Å². The fourth-order valence-electron chi connectivity index (χ4n) is 2.19. The van der Waals surface area contributed by atoms with Crippen molar-refractivity contribution >= 4 is 11.6 Å². The highest BCUT2D eigenvalue weighted by Gasteiger charge is 2.18. The van der Waals surface area contributed by atoms with Gasteiger partial charge in [-0.15, -0.1) is 0 Å². The maximum absolute atomic E-state index is 12.2. The lowest BCUT2D eigenvalue weighted by atomic mass is 10.1. The van der Waals surface area contributed by atoms with E-state index in [0.29, 0.717) is 24.5 Å². The minimum Gasteiger partial charge on any atom is -0.489 e. The predicted molar refractivity (Wildman–Crippen MR) is 75.0 cm³/mol. The van der Waals surface area contributed by atoms with Gasteiger partial charge in [0.25, 0.3) is 5.91 Å². The molecule has 0 unspecified atom stereocenters. The number of benzene rings is 1. The van der Waals surface area contributed by atoms with Gasteiger partial charge in [-0.1, -0.05) is 6.07 Å². The summed E-state index contributed by atoms with van der Waals surface area (Å²) >= 11 is 0. The zero-order valence-electron chi connectivity index (χ0n) is 11.2. The van der Waals surface area contributed by atoms with Gasteiger partial charge in [-0.25, -0.2) is 0 Å². The molecule has 3 rings (SSSR count). The van der Waals surface area contributed by atoms with E-state index in [4.69, 9.17) is 9.15 Å². The Labute approximate surface area is 116 Å². The van der Waals surface area contributed by atoms with Gasteiger partial charge in [-0.3, -0.25) is 4.79 Å². The van der Waals surface area contributed by atoms with Gasteiger partial charge >= 0.3 is 0 Å². The van der Waals surface area contributed by atoms with Crippen molar-refractivity contribution in [1.82, 2.24) is 5.32 Å². The Balaban J connectivity index is 1.74. The second-order valence-electron chi connectivity index (χ2n) is 4.65. The number of fused-ring (bicyclic) bond motifs is 1. The third kappa shape index (κ3) is 2.47. The highest BCUT2D eigenvalue weighted by Crippen LogP contribution is 2.31. The van der Waals surface area contributed by atoms with Crippen molar-refractivity contribution in [2.45, 2.75) is 13.5 Å². The molecule has 0 saturated carbocycles. The Morgan fingerprint density at radius 3 is 3.05 bits per heavy atom. The smallest absolute Gasteiger partial charge is 0.255 e. The van der Waals surface area contributed by atoms with E-state index in [0.717, 1.165) is 23.8 Å². The van der Waals surface area contributed by atoms with Crippen LogP contribution in [0.1, 0.15) is 21.9 Å². The van der Waals surface area contributed by atoms with E-state index in [1.807, 2.05) is 31.2 Å². The van der Waals surface area contributed by atoms with Gasteiger partial charge in [0.1, 0.15) is 18.1 Å². The van der Waals surface area contributed by atoms with Crippen LogP contribution >= 0.6 is 0 Å². The number of ether oxygens (including phenoxy) is 1. The zero-order chi connectivity index (χ0) is 13.9. The van der Waals surface area contributed by atoms with E-state index >= 15 is 0 Å². The van der Waals surface area contributed by atoms with Crippen molar-refractivity contribution in [2.24, 2.45) is 0 Å².